The minimum Gasteiger partial charge on any atom is -0.353 e. The van der Waals surface area contributed by atoms with Crippen molar-refractivity contribution in [2.45, 2.75) is 56.4 Å². The molecule has 1 N–H and O–H groups in total. The molecular formula is C19H26N4O4S. The summed E-state index contributed by atoms with van der Waals surface area (Å²) in [6.07, 6.45) is 5.64. The van der Waals surface area contributed by atoms with Crippen LogP contribution in [-0.4, -0.2) is 48.1 Å². The molecule has 28 heavy (non-hydrogen) atoms. The van der Waals surface area contributed by atoms with Crippen molar-refractivity contribution in [2.75, 3.05) is 13.1 Å². The molecule has 152 valence electrons. The Morgan fingerprint density at radius 2 is 1.89 bits per heavy atom. The van der Waals surface area contributed by atoms with Crippen molar-refractivity contribution in [3.63, 3.8) is 0 Å². The summed E-state index contributed by atoms with van der Waals surface area (Å²) in [5, 5.41) is 10.7. The Kier molecular flexibility index (Phi) is 5.37. The third-order valence-electron chi connectivity index (χ3n) is 6.13. The molecule has 2 aliphatic rings. The summed E-state index contributed by atoms with van der Waals surface area (Å²) in [4.78, 5) is 12.8. The van der Waals surface area contributed by atoms with Gasteiger partial charge in [0.2, 0.25) is 15.9 Å². The SMILES string of the molecule is C[C@@H]1CCCC[C@H]1NC(=O)C1CCN(S(=O)(=O)c2cccc3nonc23)CC1. The van der Waals surface area contributed by atoms with Crippen LogP contribution in [0.2, 0.25) is 0 Å². The molecule has 8 nitrogen and oxygen atoms in total. The molecule has 1 aromatic carbocycles. The average molecular weight is 407 g/mol. The van der Waals surface area contributed by atoms with Gasteiger partial charge in [0.1, 0.15) is 10.4 Å². The van der Waals surface area contributed by atoms with Gasteiger partial charge in [-0.3, -0.25) is 4.79 Å². The highest BCUT2D eigenvalue weighted by molar-refractivity contribution is 7.89. The van der Waals surface area contributed by atoms with Gasteiger partial charge in [-0.05, 0) is 54.0 Å². The molecule has 0 bridgehead atoms. The van der Waals surface area contributed by atoms with Gasteiger partial charge in [-0.15, -0.1) is 0 Å². The van der Waals surface area contributed by atoms with Crippen LogP contribution in [0.3, 0.4) is 0 Å². The monoisotopic (exact) mass is 406 g/mol. The second kappa shape index (κ2) is 7.79. The number of rotatable bonds is 4. The molecule has 1 aliphatic heterocycles. The number of carbonyl (C=O) groups excluding carboxylic acids is 1. The van der Waals surface area contributed by atoms with Crippen LogP contribution in [0.15, 0.2) is 27.7 Å². The number of fused-ring (bicyclic) bond motifs is 1. The van der Waals surface area contributed by atoms with E-state index < -0.39 is 10.0 Å². The van der Waals surface area contributed by atoms with Crippen LogP contribution in [-0.2, 0) is 14.8 Å². The number of benzene rings is 1. The van der Waals surface area contributed by atoms with Gasteiger partial charge in [-0.1, -0.05) is 25.8 Å². The third-order valence-corrected chi connectivity index (χ3v) is 8.06. The first kappa shape index (κ1) is 19.3. The topological polar surface area (TPSA) is 105 Å². The molecule has 9 heteroatoms. The van der Waals surface area contributed by atoms with E-state index in [-0.39, 0.29) is 28.3 Å². The molecular weight excluding hydrogens is 380 g/mol. The Bertz CT molecular complexity index is 950. The van der Waals surface area contributed by atoms with E-state index in [1.54, 1.807) is 12.1 Å². The zero-order chi connectivity index (χ0) is 19.7. The van der Waals surface area contributed by atoms with Gasteiger partial charge in [0.15, 0.2) is 5.52 Å². The maximum absolute atomic E-state index is 13.1. The van der Waals surface area contributed by atoms with E-state index in [1.165, 1.54) is 16.8 Å². The molecule has 2 heterocycles. The Morgan fingerprint density at radius 1 is 1.14 bits per heavy atom. The van der Waals surface area contributed by atoms with Crippen molar-refractivity contribution in [3.05, 3.63) is 18.2 Å². The zero-order valence-electron chi connectivity index (χ0n) is 16.0. The molecule has 0 radical (unpaired) electrons. The molecule has 0 unspecified atom stereocenters. The van der Waals surface area contributed by atoms with Gasteiger partial charge in [-0.2, -0.15) is 4.31 Å². The molecule has 1 amide bonds. The molecule has 1 aromatic heterocycles. The van der Waals surface area contributed by atoms with E-state index >= 15 is 0 Å². The van der Waals surface area contributed by atoms with Gasteiger partial charge >= 0.3 is 0 Å². The van der Waals surface area contributed by atoms with E-state index in [0.29, 0.717) is 37.4 Å². The van der Waals surface area contributed by atoms with Crippen molar-refractivity contribution in [1.29, 1.82) is 0 Å². The quantitative estimate of drug-likeness (QED) is 0.835. The fraction of sp³-hybridized carbons (Fsp3) is 0.632. The number of nitrogens with one attached hydrogen (secondary N) is 1. The fourth-order valence-electron chi connectivity index (χ4n) is 4.32. The first-order valence-electron chi connectivity index (χ1n) is 9.98. The standard InChI is InChI=1S/C19H26N4O4S/c1-13-5-2-3-6-15(13)20-19(24)14-9-11-23(12-10-14)28(25,26)17-8-4-7-16-18(17)22-27-21-16/h4,7-8,13-15H,2-3,5-6,9-12H2,1H3,(H,20,24)/t13-,15-/m1/s1. The maximum Gasteiger partial charge on any atom is 0.245 e. The lowest BCUT2D eigenvalue weighted by Crippen LogP contribution is -2.47. The van der Waals surface area contributed by atoms with E-state index in [9.17, 15) is 13.2 Å². The molecule has 2 atom stereocenters. The van der Waals surface area contributed by atoms with Crippen molar-refractivity contribution >= 4 is 27.0 Å². The summed E-state index contributed by atoms with van der Waals surface area (Å²) in [7, 11) is -3.70. The molecule has 2 aromatic rings. The Labute approximate surface area is 164 Å². The lowest BCUT2D eigenvalue weighted by Gasteiger charge is -2.34. The number of hydrogen-bond acceptors (Lipinski definition) is 6. The minimum absolute atomic E-state index is 0.0681. The Balaban J connectivity index is 1.41. The highest BCUT2D eigenvalue weighted by atomic mass is 32.2. The third kappa shape index (κ3) is 3.65. The van der Waals surface area contributed by atoms with E-state index in [2.05, 4.69) is 27.2 Å². The average Bonchev–Trinajstić information content (AvgIpc) is 3.18. The normalized spacial score (nSPS) is 25.0. The summed E-state index contributed by atoms with van der Waals surface area (Å²) in [6.45, 7) is 2.84. The number of carbonyl (C=O) groups is 1. The fourth-order valence-corrected chi connectivity index (χ4v) is 5.92. The van der Waals surface area contributed by atoms with Gasteiger partial charge < -0.3 is 5.32 Å². The van der Waals surface area contributed by atoms with Crippen LogP contribution in [0.5, 0.6) is 0 Å². The summed E-state index contributed by atoms with van der Waals surface area (Å²) in [5.74, 6) is 0.443. The minimum atomic E-state index is -3.70. The first-order chi connectivity index (χ1) is 13.5. The largest absolute Gasteiger partial charge is 0.353 e. The molecule has 0 spiro atoms. The van der Waals surface area contributed by atoms with Crippen molar-refractivity contribution in [1.82, 2.24) is 19.9 Å². The Hall–Kier alpha value is -2.00. The lowest BCUT2D eigenvalue weighted by atomic mass is 9.85. The summed E-state index contributed by atoms with van der Waals surface area (Å²) >= 11 is 0. The zero-order valence-corrected chi connectivity index (χ0v) is 16.8. The van der Waals surface area contributed by atoms with Gasteiger partial charge in [0.25, 0.3) is 0 Å². The van der Waals surface area contributed by atoms with Gasteiger partial charge in [0, 0.05) is 25.0 Å². The highest BCUT2D eigenvalue weighted by Gasteiger charge is 2.34. The van der Waals surface area contributed by atoms with E-state index in [1.807, 2.05) is 0 Å². The summed E-state index contributed by atoms with van der Waals surface area (Å²) in [5.41, 5.74) is 0.658. The van der Waals surface area contributed by atoms with E-state index in [0.717, 1.165) is 19.3 Å². The predicted molar refractivity (Wildman–Crippen MR) is 103 cm³/mol. The number of sulfonamides is 1. The smallest absolute Gasteiger partial charge is 0.245 e. The molecule has 1 saturated heterocycles. The van der Waals surface area contributed by atoms with Crippen molar-refractivity contribution < 1.29 is 17.8 Å². The second-order valence-corrected chi connectivity index (χ2v) is 9.85. The summed E-state index contributed by atoms with van der Waals surface area (Å²) < 4.78 is 32.2. The molecule has 1 aliphatic carbocycles. The van der Waals surface area contributed by atoms with Crippen molar-refractivity contribution in [2.24, 2.45) is 11.8 Å². The van der Waals surface area contributed by atoms with Crippen LogP contribution in [0.4, 0.5) is 0 Å². The number of hydrogen-bond donors (Lipinski definition) is 1. The van der Waals surface area contributed by atoms with Crippen LogP contribution < -0.4 is 5.32 Å². The lowest BCUT2D eigenvalue weighted by molar-refractivity contribution is -0.127. The van der Waals surface area contributed by atoms with Crippen molar-refractivity contribution in [3.8, 4) is 0 Å². The molecule has 2 fully saturated rings. The van der Waals surface area contributed by atoms with Crippen LogP contribution in [0, 0.1) is 11.8 Å². The molecule has 4 rings (SSSR count). The molecule has 1 saturated carbocycles. The first-order valence-corrected chi connectivity index (χ1v) is 11.4. The Morgan fingerprint density at radius 3 is 2.64 bits per heavy atom. The van der Waals surface area contributed by atoms with Crippen LogP contribution in [0.1, 0.15) is 45.4 Å². The number of amides is 1. The number of piperidine rings is 1. The highest BCUT2D eigenvalue weighted by Crippen LogP contribution is 2.29. The van der Waals surface area contributed by atoms with Crippen LogP contribution >= 0.6 is 0 Å². The number of aromatic nitrogens is 2. The predicted octanol–water partition coefficient (Wildman–Crippen LogP) is 2.32. The van der Waals surface area contributed by atoms with E-state index in [4.69, 9.17) is 0 Å². The number of nitrogens with zero attached hydrogens (tertiary/aromatic N) is 3. The second-order valence-electron chi connectivity index (χ2n) is 7.94. The van der Waals surface area contributed by atoms with Gasteiger partial charge in [0.05, 0.1) is 0 Å². The maximum atomic E-state index is 13.1. The van der Waals surface area contributed by atoms with Gasteiger partial charge in [-0.25, -0.2) is 13.0 Å². The summed E-state index contributed by atoms with van der Waals surface area (Å²) in [6, 6.07) is 5.06. The van der Waals surface area contributed by atoms with Crippen LogP contribution in [0.25, 0.3) is 11.0 Å².